The van der Waals surface area contributed by atoms with Crippen molar-refractivity contribution in [1.29, 1.82) is 0 Å². The molecule has 0 aliphatic carbocycles. The quantitative estimate of drug-likeness (QED) is 0.411. The van der Waals surface area contributed by atoms with E-state index in [0.717, 1.165) is 39.2 Å². The van der Waals surface area contributed by atoms with Gasteiger partial charge in [-0.15, -0.1) is 0 Å². The summed E-state index contributed by atoms with van der Waals surface area (Å²) in [6.07, 6.45) is 7.33. The molecule has 7 heteroatoms. The number of H-pyrrole nitrogens is 1. The number of nitrogens with zero attached hydrogens (tertiary/aromatic N) is 4. The van der Waals surface area contributed by atoms with Crippen molar-refractivity contribution in [3.05, 3.63) is 72.9 Å². The smallest absolute Gasteiger partial charge is 0.180 e. The van der Waals surface area contributed by atoms with Crippen LogP contribution in [0.3, 0.4) is 0 Å². The number of fused-ring (bicyclic) bond motifs is 2. The van der Waals surface area contributed by atoms with Crippen molar-refractivity contribution in [2.24, 2.45) is 0 Å². The third kappa shape index (κ3) is 3.19. The van der Waals surface area contributed by atoms with Crippen LogP contribution in [0.5, 0.6) is 0 Å². The van der Waals surface area contributed by atoms with Gasteiger partial charge in [-0.25, -0.2) is 15.0 Å². The van der Waals surface area contributed by atoms with Crippen molar-refractivity contribution in [2.75, 3.05) is 11.9 Å². The van der Waals surface area contributed by atoms with E-state index in [2.05, 4.69) is 20.3 Å². The van der Waals surface area contributed by atoms with Gasteiger partial charge in [-0.3, -0.25) is 0 Å². The summed E-state index contributed by atoms with van der Waals surface area (Å²) in [6, 6.07) is 14.1. The van der Waals surface area contributed by atoms with Crippen molar-refractivity contribution in [3.8, 4) is 11.3 Å². The van der Waals surface area contributed by atoms with Crippen molar-refractivity contribution >= 4 is 28.2 Å². The first-order valence-corrected chi connectivity index (χ1v) is 9.79. The van der Waals surface area contributed by atoms with Gasteiger partial charge < -0.3 is 19.8 Å². The van der Waals surface area contributed by atoms with E-state index in [1.54, 1.807) is 12.5 Å². The summed E-state index contributed by atoms with van der Waals surface area (Å²) in [5.74, 6) is 0.677. The normalized spacial score (nSPS) is 12.0. The minimum atomic E-state index is -0.279. The lowest BCUT2D eigenvalue weighted by Crippen LogP contribution is -2.21. The number of imidazole rings is 2. The predicted molar refractivity (Wildman–Crippen MR) is 118 cm³/mol. The van der Waals surface area contributed by atoms with E-state index in [1.165, 1.54) is 0 Å². The van der Waals surface area contributed by atoms with E-state index in [1.807, 2.05) is 73.1 Å². The fraction of sp³-hybridized carbons (Fsp3) is 0.174. The van der Waals surface area contributed by atoms with Crippen LogP contribution in [0.25, 0.3) is 27.9 Å². The van der Waals surface area contributed by atoms with Gasteiger partial charge in [0.05, 0.1) is 29.7 Å². The SMILES string of the molecule is CC(C)(CO)c1ccc(Nc2nc(-c3ccc4nc[nH]c4c3)cn3ccnc23)cc1. The lowest BCUT2D eigenvalue weighted by atomic mass is 9.85. The van der Waals surface area contributed by atoms with Crippen LogP contribution in [0.4, 0.5) is 11.5 Å². The average molecular weight is 398 g/mol. The highest BCUT2D eigenvalue weighted by Crippen LogP contribution is 2.28. The number of rotatable bonds is 5. The van der Waals surface area contributed by atoms with Crippen molar-refractivity contribution in [3.63, 3.8) is 0 Å². The molecule has 0 aliphatic rings. The second kappa shape index (κ2) is 6.96. The number of nitrogens with one attached hydrogen (secondary N) is 2. The highest BCUT2D eigenvalue weighted by atomic mass is 16.3. The Hall–Kier alpha value is -3.71. The van der Waals surface area contributed by atoms with Gasteiger partial charge >= 0.3 is 0 Å². The Morgan fingerprint density at radius 1 is 1.10 bits per heavy atom. The van der Waals surface area contributed by atoms with E-state index in [-0.39, 0.29) is 12.0 Å². The maximum absolute atomic E-state index is 9.59. The summed E-state index contributed by atoms with van der Waals surface area (Å²) >= 11 is 0. The zero-order chi connectivity index (χ0) is 20.7. The number of aliphatic hydroxyl groups excluding tert-OH is 1. The molecule has 7 nitrogen and oxygen atoms in total. The third-order valence-electron chi connectivity index (χ3n) is 5.41. The van der Waals surface area contributed by atoms with E-state index < -0.39 is 0 Å². The molecule has 0 aliphatic heterocycles. The van der Waals surface area contributed by atoms with Crippen LogP contribution < -0.4 is 5.32 Å². The van der Waals surface area contributed by atoms with Gasteiger partial charge in [0.15, 0.2) is 11.5 Å². The third-order valence-corrected chi connectivity index (χ3v) is 5.41. The lowest BCUT2D eigenvalue weighted by molar-refractivity contribution is 0.218. The molecule has 3 N–H and O–H groups in total. The summed E-state index contributed by atoms with van der Waals surface area (Å²) in [6.45, 7) is 4.13. The Labute approximate surface area is 173 Å². The molecule has 0 saturated carbocycles. The molecule has 2 aromatic carbocycles. The Balaban J connectivity index is 1.53. The largest absolute Gasteiger partial charge is 0.395 e. The van der Waals surface area contributed by atoms with E-state index >= 15 is 0 Å². The van der Waals surface area contributed by atoms with E-state index in [4.69, 9.17) is 4.98 Å². The van der Waals surface area contributed by atoms with Gasteiger partial charge in [-0.1, -0.05) is 32.0 Å². The molecule has 3 aromatic heterocycles. The maximum Gasteiger partial charge on any atom is 0.180 e. The summed E-state index contributed by atoms with van der Waals surface area (Å²) in [5, 5.41) is 13.0. The molecule has 5 aromatic rings. The Kier molecular flexibility index (Phi) is 4.25. The summed E-state index contributed by atoms with van der Waals surface area (Å²) in [5.41, 5.74) is 6.17. The topological polar surface area (TPSA) is 91.1 Å². The Bertz CT molecular complexity index is 1330. The molecule has 5 rings (SSSR count). The summed E-state index contributed by atoms with van der Waals surface area (Å²) in [7, 11) is 0. The lowest BCUT2D eigenvalue weighted by Gasteiger charge is -2.22. The molecular formula is C23H22N6O. The molecule has 3 heterocycles. The van der Waals surface area contributed by atoms with Gasteiger partial charge in [0.1, 0.15) is 0 Å². The van der Waals surface area contributed by atoms with Gasteiger partial charge in [0, 0.05) is 35.3 Å². The van der Waals surface area contributed by atoms with Crippen LogP contribution in [0, 0.1) is 0 Å². The second-order valence-electron chi connectivity index (χ2n) is 8.01. The van der Waals surface area contributed by atoms with Crippen LogP contribution in [0.1, 0.15) is 19.4 Å². The van der Waals surface area contributed by atoms with Crippen molar-refractivity contribution in [2.45, 2.75) is 19.3 Å². The molecule has 30 heavy (non-hydrogen) atoms. The number of benzene rings is 2. The molecule has 0 atom stereocenters. The van der Waals surface area contributed by atoms with Gasteiger partial charge in [-0.05, 0) is 29.8 Å². The molecule has 0 saturated heterocycles. The number of hydrogen-bond acceptors (Lipinski definition) is 5. The van der Waals surface area contributed by atoms with Crippen LogP contribution in [-0.4, -0.2) is 36.1 Å². The standard InChI is InChI=1S/C23H22N6O/c1-23(2,13-30)16-4-6-17(7-5-16)27-21-22-24-9-10-29(22)12-20(28-21)15-3-8-18-19(11-15)26-14-25-18/h3-12,14,30H,13H2,1-2H3,(H,25,26)(H,27,28). The molecule has 0 spiro atoms. The Morgan fingerprint density at radius 3 is 2.73 bits per heavy atom. The monoisotopic (exact) mass is 398 g/mol. The molecule has 0 unspecified atom stereocenters. The van der Waals surface area contributed by atoms with Crippen LogP contribution in [0.15, 0.2) is 67.4 Å². The molecular weight excluding hydrogens is 376 g/mol. The second-order valence-corrected chi connectivity index (χ2v) is 8.01. The highest BCUT2D eigenvalue weighted by molar-refractivity contribution is 5.81. The maximum atomic E-state index is 9.59. The summed E-state index contributed by atoms with van der Waals surface area (Å²) < 4.78 is 1.96. The first-order chi connectivity index (χ1) is 14.5. The fourth-order valence-electron chi connectivity index (χ4n) is 3.48. The number of aromatic amines is 1. The van der Waals surface area contributed by atoms with Crippen molar-refractivity contribution in [1.82, 2.24) is 24.3 Å². The van der Waals surface area contributed by atoms with Crippen LogP contribution in [0.2, 0.25) is 0 Å². The summed E-state index contributed by atoms with van der Waals surface area (Å²) in [4.78, 5) is 16.7. The van der Waals surface area contributed by atoms with Crippen LogP contribution >= 0.6 is 0 Å². The highest BCUT2D eigenvalue weighted by Gasteiger charge is 2.19. The number of aliphatic hydroxyl groups is 1. The van der Waals surface area contributed by atoms with Gasteiger partial charge in [0.2, 0.25) is 0 Å². The number of hydrogen-bond donors (Lipinski definition) is 3. The molecule has 0 bridgehead atoms. The van der Waals surface area contributed by atoms with Crippen LogP contribution in [-0.2, 0) is 5.41 Å². The minimum Gasteiger partial charge on any atom is -0.395 e. The van der Waals surface area contributed by atoms with Crippen molar-refractivity contribution < 1.29 is 5.11 Å². The molecule has 150 valence electrons. The van der Waals surface area contributed by atoms with Gasteiger partial charge in [-0.2, -0.15) is 0 Å². The fourth-order valence-corrected chi connectivity index (χ4v) is 3.48. The van der Waals surface area contributed by atoms with E-state index in [0.29, 0.717) is 5.82 Å². The predicted octanol–water partition coefficient (Wildman–Crippen LogP) is 4.29. The number of aromatic nitrogens is 5. The number of anilines is 2. The zero-order valence-electron chi connectivity index (χ0n) is 16.8. The first kappa shape index (κ1) is 18.3. The van der Waals surface area contributed by atoms with E-state index in [9.17, 15) is 5.11 Å². The molecule has 0 fully saturated rings. The first-order valence-electron chi connectivity index (χ1n) is 9.79. The average Bonchev–Trinajstić information content (AvgIpc) is 3.43. The van der Waals surface area contributed by atoms with Gasteiger partial charge in [0.25, 0.3) is 0 Å². The minimum absolute atomic E-state index is 0.0960. The molecule has 0 radical (unpaired) electrons. The Morgan fingerprint density at radius 2 is 1.93 bits per heavy atom. The molecule has 0 amide bonds. The zero-order valence-corrected chi connectivity index (χ0v) is 16.8.